The molecule has 0 aromatic rings. The molecule has 9 heteroatoms. The molecule has 0 atom stereocenters. The standard InChI is InChI=1S/2ClH.FH.HNO2.2H2N.Pt/c;;;2-1-3;;;/h3*1H;(H,2,3);2*1H2;/q;;;;2*-1;+3/p-4. The second-order valence-electron chi connectivity index (χ2n) is 0.210. The van der Waals surface area contributed by atoms with Crippen LogP contribution in [-0.4, -0.2) is 0 Å². The van der Waals surface area contributed by atoms with E-state index < -0.39 is 15.8 Å². The van der Waals surface area contributed by atoms with E-state index in [9.17, 15) is 3.16 Å². The third-order valence-corrected chi connectivity index (χ3v) is 0. The number of rotatable bonds is 0. The Bertz CT molecular complexity index is 44.0. The Hall–Kier alpha value is 0.518. The van der Waals surface area contributed by atoms with E-state index in [1.165, 1.54) is 0 Å². The molecule has 0 heterocycles. The molecule has 0 aliphatic rings. The maximum Gasteiger partial charge on any atom is -0.693 e. The second-order valence-corrected chi connectivity index (χ2v) is 5.62. The van der Waals surface area contributed by atoms with Crippen LogP contribution in [0.25, 0.3) is 12.3 Å². The van der Waals surface area contributed by atoms with E-state index in [0.717, 1.165) is 5.34 Å². The van der Waals surface area contributed by atoms with Gasteiger partial charge in [-0.1, -0.05) is 0 Å². The summed E-state index contributed by atoms with van der Waals surface area (Å²) in [7, 11) is 9.06. The normalized spacial score (nSPS) is 6.33. The zero-order valence-electron chi connectivity index (χ0n) is 3.87. The van der Waals surface area contributed by atoms with Gasteiger partial charge in [0.2, 0.25) is 0 Å². The van der Waals surface area contributed by atoms with Gasteiger partial charge in [0.1, 0.15) is 0 Å². The van der Waals surface area contributed by atoms with Crippen molar-refractivity contribution in [3.05, 3.63) is 22.4 Å². The molecule has 0 spiro atoms. The summed E-state index contributed by atoms with van der Waals surface area (Å²) in [6.45, 7) is 0. The van der Waals surface area contributed by atoms with Crippen molar-refractivity contribution < 1.29 is 18.9 Å². The van der Waals surface area contributed by atoms with Gasteiger partial charge in [0.05, 0.1) is 0 Å². The van der Waals surface area contributed by atoms with Crippen LogP contribution in [0.3, 0.4) is 0 Å². The summed E-state index contributed by atoms with van der Waals surface area (Å²) in [5, 5.41) is 9.00. The van der Waals surface area contributed by atoms with E-state index >= 15 is 0 Å². The fourth-order valence-electron chi connectivity index (χ4n) is 0. The van der Waals surface area contributed by atoms with Gasteiger partial charge in [-0.2, -0.15) is 0 Å². The quantitative estimate of drug-likeness (QED) is 0.484. The molecule has 0 amide bonds. The smallest absolute Gasteiger partial charge is 0.693 e. The molecule has 9 heavy (non-hydrogen) atoms. The van der Waals surface area contributed by atoms with Gasteiger partial charge in [-0.25, -0.2) is 0 Å². The first-order valence-electron chi connectivity index (χ1n) is 0.724. The van der Waals surface area contributed by atoms with Crippen molar-refractivity contribution in [3.63, 3.8) is 0 Å². The molecule has 0 unspecified atom stereocenters. The van der Waals surface area contributed by atoms with Crippen molar-refractivity contribution in [2.75, 3.05) is 0 Å². The number of nitrogens with zero attached hydrogens (tertiary/aromatic N) is 1. The maximum absolute atomic E-state index is 10.7. The molecule has 5 nitrogen and oxygen atoms in total. The Morgan fingerprint density at radius 3 is 1.44 bits per heavy atom. The molecule has 0 bridgehead atoms. The van der Waals surface area contributed by atoms with Gasteiger partial charge < -0.3 is 22.4 Å². The average molecular weight is 363 g/mol. The van der Waals surface area contributed by atoms with Crippen LogP contribution in [0, 0.1) is 10.1 Å². The number of hydrogen-bond donors (Lipinski definition) is 0. The Balaban J connectivity index is -0.0000000233. The molecule has 0 saturated carbocycles. The number of hydrogen-bond acceptors (Lipinski definition) is 3. The van der Waals surface area contributed by atoms with Crippen LogP contribution < -0.4 is 0 Å². The molecule has 0 saturated heterocycles. The Kier molecular flexibility index (Phi) is 59.4. The van der Waals surface area contributed by atoms with E-state index in [1.54, 1.807) is 0 Å². The molecule has 0 fully saturated rings. The first kappa shape index (κ1) is 22.7. The van der Waals surface area contributed by atoms with Crippen LogP contribution in [0.4, 0.5) is 3.16 Å². The third kappa shape index (κ3) is 1350. The predicted octanol–water partition coefficient (Wildman–Crippen LogP) is 3.48. The van der Waals surface area contributed by atoms with Crippen LogP contribution in [0.1, 0.15) is 0 Å². The summed E-state index contributed by atoms with van der Waals surface area (Å²) < 4.78 is 10.7. The molecule has 0 rings (SSSR count). The molecule has 0 aliphatic carbocycles. The monoisotopic (exact) mass is 362 g/mol. The topological polar surface area (TPSA) is 119 Å². The Labute approximate surface area is 65.7 Å². The van der Waals surface area contributed by atoms with Crippen molar-refractivity contribution in [3.8, 4) is 0 Å². The minimum absolute atomic E-state index is 0. The summed E-state index contributed by atoms with van der Waals surface area (Å²) in [4.78, 5) is 8.00. The van der Waals surface area contributed by atoms with Crippen LogP contribution in [0.2, 0.25) is 0 Å². The van der Waals surface area contributed by atoms with Crippen LogP contribution in [0.5, 0.6) is 0 Å². The Morgan fingerprint density at radius 2 is 1.44 bits per heavy atom. The van der Waals surface area contributed by atoms with Gasteiger partial charge in [-0.3, -0.25) is 0 Å². The van der Waals surface area contributed by atoms with E-state index in [1.807, 2.05) is 0 Å². The first-order valence-corrected chi connectivity index (χ1v) is 7.21. The van der Waals surface area contributed by atoms with Crippen molar-refractivity contribution in [1.82, 2.24) is 0 Å². The summed E-state index contributed by atoms with van der Waals surface area (Å²) in [5.41, 5.74) is 0. The van der Waals surface area contributed by atoms with Crippen molar-refractivity contribution in [2.24, 2.45) is 5.34 Å². The minimum Gasteiger partial charge on any atom is -0.693 e. The molecule has 4 N–H and O–H groups in total. The molecule has 65 valence electrons. The van der Waals surface area contributed by atoms with Gasteiger partial charge in [0, 0.05) is 0 Å². The van der Waals surface area contributed by atoms with Gasteiger partial charge >= 0.3 is 37.7 Å². The summed E-state index contributed by atoms with van der Waals surface area (Å²) in [6.07, 6.45) is 0. The number of halogens is 3. The van der Waals surface area contributed by atoms with Gasteiger partial charge in [-0.15, -0.1) is 5.34 Å². The van der Waals surface area contributed by atoms with Gasteiger partial charge in [-0.05, 0) is 0 Å². The molecule has 0 radical (unpaired) electrons. The SMILES string of the molecule is O=N[O-].[F][Pt]([Cl])[Cl].[NH2-].[NH2-]. The van der Waals surface area contributed by atoms with E-state index in [2.05, 4.69) is 18.8 Å². The number of nitrogens with two attached hydrogens (primary N) is 2. The fourth-order valence-corrected chi connectivity index (χ4v) is 0. The average Bonchev–Trinajstić information content (AvgIpc) is 1.33. The first-order chi connectivity index (χ1) is 3.15. The van der Waals surface area contributed by atoms with E-state index in [-0.39, 0.29) is 12.3 Å². The Morgan fingerprint density at radius 1 is 1.44 bits per heavy atom. The van der Waals surface area contributed by atoms with Crippen LogP contribution in [-0.2, 0) is 15.8 Å². The zero-order valence-corrected chi connectivity index (χ0v) is 7.65. The molecule has 0 aliphatic heterocycles. The molecular formula is H4Cl2FN3O2Pt-3. The van der Waals surface area contributed by atoms with Crippen LogP contribution >= 0.6 is 18.8 Å². The zero-order chi connectivity index (χ0) is 6.28. The second kappa shape index (κ2) is 23.6. The third-order valence-electron chi connectivity index (χ3n) is 0. The summed E-state index contributed by atoms with van der Waals surface area (Å²) in [6, 6.07) is 0. The molecular weight excluding hydrogens is 359 g/mol. The van der Waals surface area contributed by atoms with Crippen molar-refractivity contribution >= 4 is 18.8 Å². The maximum atomic E-state index is 10.7. The minimum atomic E-state index is -2.82. The van der Waals surface area contributed by atoms with Crippen molar-refractivity contribution in [2.45, 2.75) is 0 Å². The molecule has 0 aromatic carbocycles. The van der Waals surface area contributed by atoms with E-state index in [0.29, 0.717) is 0 Å². The fraction of sp³-hybridized carbons (Fsp3) is 0. The molecule has 0 aromatic heterocycles. The largest absolute Gasteiger partial charge is 0.693 e. The van der Waals surface area contributed by atoms with Crippen molar-refractivity contribution in [1.29, 1.82) is 0 Å². The van der Waals surface area contributed by atoms with Crippen LogP contribution in [0.15, 0.2) is 5.34 Å². The summed E-state index contributed by atoms with van der Waals surface area (Å²) in [5.74, 6) is 0. The predicted molar refractivity (Wildman–Crippen MR) is 32.5 cm³/mol. The van der Waals surface area contributed by atoms with Gasteiger partial charge in [0.15, 0.2) is 0 Å². The van der Waals surface area contributed by atoms with E-state index in [4.69, 9.17) is 10.1 Å². The summed E-state index contributed by atoms with van der Waals surface area (Å²) >= 11 is -2.82. The van der Waals surface area contributed by atoms with Gasteiger partial charge in [0.25, 0.3) is 0 Å².